The van der Waals surface area contributed by atoms with E-state index in [2.05, 4.69) is 11.2 Å². The van der Waals surface area contributed by atoms with Gasteiger partial charge in [0.25, 0.3) is 0 Å². The molecule has 0 saturated heterocycles. The molecule has 2 heteroatoms. The third-order valence-electron chi connectivity index (χ3n) is 1.58. The lowest BCUT2D eigenvalue weighted by Gasteiger charge is -2.05. The van der Waals surface area contributed by atoms with E-state index in [1.54, 1.807) is 6.07 Å². The molecular formula is C10H10FN. The molecule has 0 aliphatic carbocycles. The van der Waals surface area contributed by atoms with Crippen LogP contribution >= 0.6 is 0 Å². The molecule has 0 aliphatic rings. The predicted molar refractivity (Wildman–Crippen MR) is 48.5 cm³/mol. The van der Waals surface area contributed by atoms with Gasteiger partial charge in [0.1, 0.15) is 5.82 Å². The Balaban J connectivity index is 2.84. The predicted octanol–water partition coefficient (Wildman–Crippen LogP) is 2.18. The number of anilines is 1. The van der Waals surface area contributed by atoms with Crippen LogP contribution in [0.2, 0.25) is 0 Å². The van der Waals surface area contributed by atoms with Crippen molar-refractivity contribution >= 4 is 5.69 Å². The van der Waals surface area contributed by atoms with E-state index >= 15 is 0 Å². The minimum Gasteiger partial charge on any atom is -0.374 e. The van der Waals surface area contributed by atoms with Gasteiger partial charge in [-0.25, -0.2) is 4.39 Å². The fraction of sp³-hybridized carbons (Fsp3) is 0.200. The topological polar surface area (TPSA) is 12.0 Å². The number of halogens is 1. The smallest absolute Gasteiger partial charge is 0.125 e. The van der Waals surface area contributed by atoms with Gasteiger partial charge in [-0.05, 0) is 24.6 Å². The molecule has 0 saturated carbocycles. The maximum absolute atomic E-state index is 12.7. The van der Waals surface area contributed by atoms with Gasteiger partial charge in [-0.3, -0.25) is 0 Å². The number of benzene rings is 1. The monoisotopic (exact) mass is 163 g/mol. The summed E-state index contributed by atoms with van der Waals surface area (Å²) < 4.78 is 12.7. The molecule has 0 bridgehead atoms. The van der Waals surface area contributed by atoms with Crippen molar-refractivity contribution in [3.05, 3.63) is 29.6 Å². The van der Waals surface area contributed by atoms with Gasteiger partial charge < -0.3 is 5.32 Å². The number of terminal acetylenes is 1. The highest BCUT2D eigenvalue weighted by Gasteiger charge is 1.97. The number of hydrogen-bond acceptors (Lipinski definition) is 1. The van der Waals surface area contributed by atoms with Gasteiger partial charge >= 0.3 is 0 Å². The number of rotatable bonds is 2. The summed E-state index contributed by atoms with van der Waals surface area (Å²) in [5.74, 6) is 2.18. The number of hydrogen-bond donors (Lipinski definition) is 1. The fourth-order valence-corrected chi connectivity index (χ4v) is 0.931. The number of nitrogens with one attached hydrogen (secondary N) is 1. The first-order valence-electron chi connectivity index (χ1n) is 3.67. The summed E-state index contributed by atoms with van der Waals surface area (Å²) >= 11 is 0. The standard InChI is InChI=1S/C10H10FN/c1-3-6-12-10-7-9(11)5-4-8(10)2/h1,4-5,7,12H,6H2,2H3. The van der Waals surface area contributed by atoms with Crippen LogP contribution in [0.15, 0.2) is 18.2 Å². The van der Waals surface area contributed by atoms with Crippen LogP contribution in [0, 0.1) is 25.1 Å². The Morgan fingerprint density at radius 2 is 2.33 bits per heavy atom. The molecule has 0 aliphatic heterocycles. The van der Waals surface area contributed by atoms with Gasteiger partial charge in [0, 0.05) is 5.69 Å². The van der Waals surface area contributed by atoms with Crippen molar-refractivity contribution in [1.82, 2.24) is 0 Å². The Hall–Kier alpha value is -1.49. The average molecular weight is 163 g/mol. The lowest BCUT2D eigenvalue weighted by Crippen LogP contribution is -2.00. The first-order chi connectivity index (χ1) is 5.74. The Kier molecular flexibility index (Phi) is 2.71. The quantitative estimate of drug-likeness (QED) is 0.659. The molecule has 1 nitrogen and oxygen atoms in total. The van der Waals surface area contributed by atoms with Crippen LogP contribution in [0.3, 0.4) is 0 Å². The lowest BCUT2D eigenvalue weighted by molar-refractivity contribution is 0.628. The van der Waals surface area contributed by atoms with Gasteiger partial charge in [0.2, 0.25) is 0 Å². The summed E-state index contributed by atoms with van der Waals surface area (Å²) in [7, 11) is 0. The van der Waals surface area contributed by atoms with Gasteiger partial charge in [0.05, 0.1) is 6.54 Å². The van der Waals surface area contributed by atoms with E-state index in [9.17, 15) is 4.39 Å². The summed E-state index contributed by atoms with van der Waals surface area (Å²) in [4.78, 5) is 0. The molecule has 0 unspecified atom stereocenters. The summed E-state index contributed by atoms with van der Waals surface area (Å²) in [6, 6.07) is 4.58. The molecule has 1 aromatic rings. The van der Waals surface area contributed by atoms with E-state index in [0.29, 0.717) is 6.54 Å². The van der Waals surface area contributed by atoms with Crippen molar-refractivity contribution in [3.8, 4) is 12.3 Å². The molecule has 0 atom stereocenters. The first kappa shape index (κ1) is 8.61. The Morgan fingerprint density at radius 3 is 3.00 bits per heavy atom. The van der Waals surface area contributed by atoms with Crippen molar-refractivity contribution in [2.75, 3.05) is 11.9 Å². The van der Waals surface area contributed by atoms with Crippen LogP contribution in [-0.2, 0) is 0 Å². The molecule has 0 radical (unpaired) electrons. The molecule has 0 spiro atoms. The highest BCUT2D eigenvalue weighted by atomic mass is 19.1. The Morgan fingerprint density at radius 1 is 1.58 bits per heavy atom. The van der Waals surface area contributed by atoms with Gasteiger partial charge in [-0.15, -0.1) is 6.42 Å². The molecule has 1 N–H and O–H groups in total. The molecule has 0 amide bonds. The lowest BCUT2D eigenvalue weighted by atomic mass is 10.2. The molecule has 12 heavy (non-hydrogen) atoms. The van der Waals surface area contributed by atoms with Crippen LogP contribution in [0.25, 0.3) is 0 Å². The fourth-order valence-electron chi connectivity index (χ4n) is 0.931. The van der Waals surface area contributed by atoms with Crippen molar-refractivity contribution in [3.63, 3.8) is 0 Å². The van der Waals surface area contributed by atoms with Gasteiger partial charge in [-0.1, -0.05) is 12.0 Å². The highest BCUT2D eigenvalue weighted by Crippen LogP contribution is 2.14. The number of aryl methyl sites for hydroxylation is 1. The molecule has 62 valence electrons. The van der Waals surface area contributed by atoms with Gasteiger partial charge in [0.15, 0.2) is 0 Å². The van der Waals surface area contributed by atoms with Crippen molar-refractivity contribution in [2.45, 2.75) is 6.92 Å². The van der Waals surface area contributed by atoms with Crippen LogP contribution in [0.4, 0.5) is 10.1 Å². The molecule has 0 aromatic heterocycles. The summed E-state index contributed by atoms with van der Waals surface area (Å²) in [5.41, 5.74) is 1.75. The van der Waals surface area contributed by atoms with Crippen LogP contribution in [0.1, 0.15) is 5.56 Å². The molecule has 1 rings (SSSR count). The largest absolute Gasteiger partial charge is 0.374 e. The zero-order valence-corrected chi connectivity index (χ0v) is 6.89. The van der Waals surface area contributed by atoms with Crippen molar-refractivity contribution in [2.24, 2.45) is 0 Å². The van der Waals surface area contributed by atoms with Crippen LogP contribution < -0.4 is 5.32 Å². The molecule has 1 aromatic carbocycles. The second-order valence-corrected chi connectivity index (χ2v) is 2.52. The van der Waals surface area contributed by atoms with Crippen molar-refractivity contribution < 1.29 is 4.39 Å². The van der Waals surface area contributed by atoms with Crippen molar-refractivity contribution in [1.29, 1.82) is 0 Å². The van der Waals surface area contributed by atoms with Crippen LogP contribution in [-0.4, -0.2) is 6.54 Å². The Bertz CT molecular complexity index is 312. The summed E-state index contributed by atoms with van der Waals surface area (Å²) in [6.45, 7) is 2.32. The van der Waals surface area contributed by atoms with E-state index in [1.165, 1.54) is 12.1 Å². The second kappa shape index (κ2) is 3.77. The maximum atomic E-state index is 12.7. The van der Waals surface area contributed by atoms with Gasteiger partial charge in [-0.2, -0.15) is 0 Å². The average Bonchev–Trinajstić information content (AvgIpc) is 2.07. The van der Waals surface area contributed by atoms with E-state index < -0.39 is 0 Å². The maximum Gasteiger partial charge on any atom is 0.125 e. The van der Waals surface area contributed by atoms with Crippen LogP contribution in [0.5, 0.6) is 0 Å². The highest BCUT2D eigenvalue weighted by molar-refractivity contribution is 5.51. The second-order valence-electron chi connectivity index (χ2n) is 2.52. The van der Waals surface area contributed by atoms with E-state index in [-0.39, 0.29) is 5.82 Å². The minimum atomic E-state index is -0.250. The zero-order valence-electron chi connectivity index (χ0n) is 6.89. The normalized spacial score (nSPS) is 9.08. The zero-order chi connectivity index (χ0) is 8.97. The summed E-state index contributed by atoms with van der Waals surface area (Å²) in [6.07, 6.45) is 5.06. The summed E-state index contributed by atoms with van der Waals surface area (Å²) in [5, 5.41) is 2.93. The third kappa shape index (κ3) is 2.00. The van der Waals surface area contributed by atoms with E-state index in [1.807, 2.05) is 6.92 Å². The SMILES string of the molecule is C#CCNc1cc(F)ccc1C. The molecule has 0 fully saturated rings. The minimum absolute atomic E-state index is 0.250. The van der Waals surface area contributed by atoms with E-state index in [0.717, 1.165) is 11.3 Å². The van der Waals surface area contributed by atoms with E-state index in [4.69, 9.17) is 6.42 Å². The Labute approximate surface area is 71.6 Å². The molecular weight excluding hydrogens is 153 g/mol. The third-order valence-corrected chi connectivity index (χ3v) is 1.58. The first-order valence-corrected chi connectivity index (χ1v) is 3.67. The molecule has 0 heterocycles.